The van der Waals surface area contributed by atoms with E-state index in [-0.39, 0.29) is 34.0 Å². The molecule has 0 amide bonds. The smallest absolute Gasteiger partial charge is 0.305 e. The van der Waals surface area contributed by atoms with Gasteiger partial charge in [-0.1, -0.05) is 21.8 Å². The van der Waals surface area contributed by atoms with Crippen molar-refractivity contribution < 1.29 is 14.6 Å². The first-order chi connectivity index (χ1) is 4.31. The zero-order valence-electron chi connectivity index (χ0n) is 5.59. The molecule has 11 heavy (non-hydrogen) atoms. The van der Waals surface area contributed by atoms with Crippen molar-refractivity contribution in [1.82, 2.24) is 0 Å². The summed E-state index contributed by atoms with van der Waals surface area (Å²) in [5.41, 5.74) is 0. The predicted octanol–water partition coefficient (Wildman–Crippen LogP) is 1.59. The van der Waals surface area contributed by atoms with E-state index in [1.165, 1.54) is 0 Å². The maximum absolute atomic E-state index is 10.5. The Balaban J connectivity index is -0.000000320. The molecule has 0 aliphatic carbocycles. The van der Waals surface area contributed by atoms with Gasteiger partial charge in [-0.15, -0.1) is 0 Å². The zero-order valence-corrected chi connectivity index (χ0v) is 5.59. The van der Waals surface area contributed by atoms with Crippen molar-refractivity contribution in [3.63, 3.8) is 0 Å². The normalized spacial score (nSPS) is 7.45. The van der Waals surface area contributed by atoms with Gasteiger partial charge in [-0.3, -0.25) is 4.79 Å². The van der Waals surface area contributed by atoms with Gasteiger partial charge >= 0.3 is 5.97 Å². The quantitative estimate of drug-likeness (QED) is 0.642. The Morgan fingerprint density at radius 2 is 2.00 bits per heavy atom. The first-order valence-electron chi connectivity index (χ1n) is 3.07. The van der Waals surface area contributed by atoms with Crippen LogP contribution in [0, 0.1) is 0 Å². The average molecular weight is 164 g/mol. The Labute approximate surface area is 69.4 Å². The highest BCUT2D eigenvalue weighted by Crippen LogP contribution is 1.89. The van der Waals surface area contributed by atoms with E-state index in [1.54, 1.807) is 0 Å². The fraction of sp³-hybridized carbons (Fsp3) is 0.875. The van der Waals surface area contributed by atoms with Crippen LogP contribution in [0.4, 0.5) is 0 Å². The van der Waals surface area contributed by atoms with Gasteiger partial charge in [0.05, 0.1) is 6.61 Å². The van der Waals surface area contributed by atoms with E-state index in [1.807, 2.05) is 6.92 Å². The monoisotopic (exact) mass is 164 g/mol. The Hall–Kier alpha value is -0.570. The summed E-state index contributed by atoms with van der Waals surface area (Å²) in [5.74, 6) is -0.230. The molecule has 0 heterocycles. The van der Waals surface area contributed by atoms with Crippen LogP contribution in [0.5, 0.6) is 0 Å². The lowest BCUT2D eigenvalue weighted by Gasteiger charge is -1.98. The molecule has 3 heteroatoms. The summed E-state index contributed by atoms with van der Waals surface area (Å²) in [6, 6.07) is 0. The van der Waals surface area contributed by atoms with Crippen LogP contribution in [0.25, 0.3) is 0 Å². The van der Waals surface area contributed by atoms with Crippen LogP contribution in [0.1, 0.15) is 34.6 Å². The van der Waals surface area contributed by atoms with E-state index >= 15 is 0 Å². The molecular formula is C8H20O3. The van der Waals surface area contributed by atoms with Crippen LogP contribution in [0.15, 0.2) is 0 Å². The number of aliphatic hydroxyl groups excluding tert-OH is 1. The lowest BCUT2D eigenvalue weighted by molar-refractivity contribution is -0.144. The lowest BCUT2D eigenvalue weighted by Crippen LogP contribution is -2.07. The molecule has 0 saturated heterocycles. The van der Waals surface area contributed by atoms with Crippen molar-refractivity contribution in [2.24, 2.45) is 0 Å². The number of ether oxygens (including phenoxy) is 1. The molecule has 0 aromatic heterocycles. The highest BCUT2D eigenvalue weighted by molar-refractivity contribution is 5.69. The second-order valence-electron chi connectivity index (χ2n) is 1.69. The van der Waals surface area contributed by atoms with Crippen molar-refractivity contribution in [2.45, 2.75) is 34.6 Å². The van der Waals surface area contributed by atoms with Gasteiger partial charge in [0.1, 0.15) is 6.61 Å². The van der Waals surface area contributed by atoms with E-state index in [0.29, 0.717) is 6.42 Å². The number of hydrogen-bond acceptors (Lipinski definition) is 3. The summed E-state index contributed by atoms with van der Waals surface area (Å²) in [5, 5.41) is 8.21. The van der Waals surface area contributed by atoms with E-state index in [2.05, 4.69) is 4.74 Å². The van der Waals surface area contributed by atoms with Crippen LogP contribution in [-0.2, 0) is 9.53 Å². The van der Waals surface area contributed by atoms with Crippen LogP contribution in [0.3, 0.4) is 0 Å². The SMILES string of the molecule is C.C.CCCC(=O)OCCO. The van der Waals surface area contributed by atoms with E-state index in [0.717, 1.165) is 6.42 Å². The fourth-order valence-corrected chi connectivity index (χ4v) is 0.436. The maximum atomic E-state index is 10.5. The Morgan fingerprint density at radius 1 is 1.45 bits per heavy atom. The molecule has 0 fully saturated rings. The van der Waals surface area contributed by atoms with Crippen molar-refractivity contribution >= 4 is 5.97 Å². The Morgan fingerprint density at radius 3 is 2.36 bits per heavy atom. The third-order valence-corrected chi connectivity index (χ3v) is 0.808. The number of carbonyl (C=O) groups is 1. The van der Waals surface area contributed by atoms with E-state index in [4.69, 9.17) is 5.11 Å². The summed E-state index contributed by atoms with van der Waals surface area (Å²) >= 11 is 0. The highest BCUT2D eigenvalue weighted by atomic mass is 16.5. The summed E-state index contributed by atoms with van der Waals surface area (Å²) in [7, 11) is 0. The van der Waals surface area contributed by atoms with Crippen LogP contribution in [-0.4, -0.2) is 24.3 Å². The van der Waals surface area contributed by atoms with Gasteiger partial charge in [0.2, 0.25) is 0 Å². The minimum Gasteiger partial charge on any atom is -0.463 e. The molecule has 0 atom stereocenters. The van der Waals surface area contributed by atoms with Crippen molar-refractivity contribution in [3.05, 3.63) is 0 Å². The molecule has 0 aliphatic rings. The molecule has 0 aliphatic heterocycles. The standard InChI is InChI=1S/C6H12O3.2CH4/c1-2-3-6(8)9-5-4-7;;/h7H,2-5H2,1H3;2*1H4. The van der Waals surface area contributed by atoms with E-state index in [9.17, 15) is 4.79 Å². The maximum Gasteiger partial charge on any atom is 0.305 e. The van der Waals surface area contributed by atoms with Gasteiger partial charge in [-0.25, -0.2) is 0 Å². The van der Waals surface area contributed by atoms with Crippen LogP contribution in [0.2, 0.25) is 0 Å². The molecule has 0 spiro atoms. The molecular weight excluding hydrogens is 144 g/mol. The second kappa shape index (κ2) is 12.1. The molecule has 1 N–H and O–H groups in total. The topological polar surface area (TPSA) is 46.5 Å². The molecule has 0 rings (SSSR count). The molecule has 0 unspecified atom stereocenters. The van der Waals surface area contributed by atoms with Crippen molar-refractivity contribution in [2.75, 3.05) is 13.2 Å². The third kappa shape index (κ3) is 12.6. The second-order valence-corrected chi connectivity index (χ2v) is 1.69. The first-order valence-corrected chi connectivity index (χ1v) is 3.07. The van der Waals surface area contributed by atoms with Crippen molar-refractivity contribution in [3.8, 4) is 0 Å². The van der Waals surface area contributed by atoms with Crippen LogP contribution < -0.4 is 0 Å². The minimum absolute atomic E-state index is 0. The van der Waals surface area contributed by atoms with Crippen LogP contribution >= 0.6 is 0 Å². The molecule has 0 radical (unpaired) electrons. The molecule has 3 nitrogen and oxygen atoms in total. The summed E-state index contributed by atoms with van der Waals surface area (Å²) in [6.45, 7) is 1.94. The summed E-state index contributed by atoms with van der Waals surface area (Å²) in [6.07, 6.45) is 1.24. The summed E-state index contributed by atoms with van der Waals surface area (Å²) in [4.78, 5) is 10.5. The van der Waals surface area contributed by atoms with Gasteiger partial charge in [-0.05, 0) is 6.42 Å². The lowest BCUT2D eigenvalue weighted by atomic mass is 10.3. The van der Waals surface area contributed by atoms with Gasteiger partial charge in [0.15, 0.2) is 0 Å². The van der Waals surface area contributed by atoms with Gasteiger partial charge < -0.3 is 9.84 Å². The van der Waals surface area contributed by atoms with Gasteiger partial charge in [-0.2, -0.15) is 0 Å². The summed E-state index contributed by atoms with van der Waals surface area (Å²) < 4.78 is 4.54. The van der Waals surface area contributed by atoms with E-state index < -0.39 is 0 Å². The average Bonchev–Trinajstić information content (AvgIpc) is 1.85. The fourth-order valence-electron chi connectivity index (χ4n) is 0.436. The number of hydrogen-bond donors (Lipinski definition) is 1. The Kier molecular flexibility index (Phi) is 18.5. The van der Waals surface area contributed by atoms with Crippen molar-refractivity contribution in [1.29, 1.82) is 0 Å². The number of carbonyl (C=O) groups excluding carboxylic acids is 1. The van der Waals surface area contributed by atoms with Gasteiger partial charge in [0, 0.05) is 6.42 Å². The zero-order chi connectivity index (χ0) is 7.11. The number of esters is 1. The van der Waals surface area contributed by atoms with Gasteiger partial charge in [0.25, 0.3) is 0 Å². The molecule has 0 bridgehead atoms. The molecule has 0 aromatic carbocycles. The number of rotatable bonds is 4. The highest BCUT2D eigenvalue weighted by Gasteiger charge is 1.97. The molecule has 70 valence electrons. The Bertz CT molecular complexity index is 81.4. The first kappa shape index (κ1) is 16.8. The largest absolute Gasteiger partial charge is 0.463 e. The predicted molar refractivity (Wildman–Crippen MR) is 46.4 cm³/mol. The molecule has 0 aromatic rings. The minimum atomic E-state index is -0.230. The third-order valence-electron chi connectivity index (χ3n) is 0.808. The molecule has 0 saturated carbocycles. The number of aliphatic hydroxyl groups is 1.